The molecule has 0 radical (unpaired) electrons. The fourth-order valence-corrected chi connectivity index (χ4v) is 2.28. The van der Waals surface area contributed by atoms with Crippen LogP contribution in [-0.2, 0) is 20.8 Å². The Morgan fingerprint density at radius 1 is 1.22 bits per heavy atom. The molecule has 122 valence electrons. The van der Waals surface area contributed by atoms with Crippen molar-refractivity contribution in [1.29, 1.82) is 0 Å². The second-order valence-electron chi connectivity index (χ2n) is 5.17. The zero-order valence-electron chi connectivity index (χ0n) is 12.2. The van der Waals surface area contributed by atoms with E-state index in [1.54, 1.807) is 6.20 Å². The number of aromatic amines is 1. The van der Waals surface area contributed by atoms with Gasteiger partial charge in [-0.15, -0.1) is 0 Å². The minimum atomic E-state index is -1.51. The number of carboxylic acids is 2. The lowest BCUT2D eigenvalue weighted by molar-refractivity contribution is -0.147. The van der Waals surface area contributed by atoms with Crippen molar-refractivity contribution in [2.45, 2.75) is 24.9 Å². The normalized spacial score (nSPS) is 13.4. The second-order valence-corrected chi connectivity index (χ2v) is 5.17. The highest BCUT2D eigenvalue weighted by molar-refractivity contribution is 5.90. The van der Waals surface area contributed by atoms with E-state index in [1.165, 1.54) is 0 Å². The third-order valence-corrected chi connectivity index (χ3v) is 3.44. The minimum Gasteiger partial charge on any atom is -0.481 e. The lowest BCUT2D eigenvalue weighted by Gasteiger charge is -2.16. The molecule has 23 heavy (non-hydrogen) atoms. The van der Waals surface area contributed by atoms with E-state index < -0.39 is 36.4 Å². The van der Waals surface area contributed by atoms with Crippen LogP contribution in [-0.4, -0.2) is 45.1 Å². The highest BCUT2D eigenvalue weighted by Crippen LogP contribution is 2.18. The molecule has 8 heteroatoms. The van der Waals surface area contributed by atoms with Gasteiger partial charge in [0.15, 0.2) is 0 Å². The number of nitrogens with two attached hydrogens (primary N) is 1. The molecule has 0 saturated carbocycles. The summed E-state index contributed by atoms with van der Waals surface area (Å²) in [5.41, 5.74) is 7.55. The zero-order chi connectivity index (χ0) is 17.0. The number of rotatable bonds is 7. The molecule has 0 bridgehead atoms. The fourth-order valence-electron chi connectivity index (χ4n) is 2.28. The first kappa shape index (κ1) is 16.5. The molecule has 1 aromatic heterocycles. The number of nitrogens with one attached hydrogen (secondary N) is 2. The van der Waals surface area contributed by atoms with Gasteiger partial charge in [-0.05, 0) is 18.1 Å². The first-order chi connectivity index (χ1) is 10.9. The molecule has 2 rings (SSSR count). The van der Waals surface area contributed by atoms with Gasteiger partial charge in [-0.1, -0.05) is 18.2 Å². The van der Waals surface area contributed by atoms with Crippen molar-refractivity contribution in [3.63, 3.8) is 0 Å². The number of H-pyrrole nitrogens is 1. The summed E-state index contributed by atoms with van der Waals surface area (Å²) in [4.78, 5) is 36.6. The molecule has 8 nitrogen and oxygen atoms in total. The number of carboxylic acid groups (broad SMARTS) is 2. The molecule has 0 saturated heterocycles. The van der Waals surface area contributed by atoms with Gasteiger partial charge < -0.3 is 26.2 Å². The summed E-state index contributed by atoms with van der Waals surface area (Å²) in [5.74, 6) is -3.44. The van der Waals surface area contributed by atoms with Crippen LogP contribution in [0, 0.1) is 0 Å². The average molecular weight is 319 g/mol. The van der Waals surface area contributed by atoms with E-state index in [0.717, 1.165) is 16.5 Å². The third kappa shape index (κ3) is 4.07. The van der Waals surface area contributed by atoms with E-state index in [-0.39, 0.29) is 6.42 Å². The van der Waals surface area contributed by atoms with E-state index in [1.807, 2.05) is 24.3 Å². The molecule has 1 amide bonds. The molecule has 0 aliphatic rings. The van der Waals surface area contributed by atoms with Crippen LogP contribution >= 0.6 is 0 Å². The maximum Gasteiger partial charge on any atom is 0.326 e. The van der Waals surface area contributed by atoms with E-state index in [4.69, 9.17) is 15.9 Å². The number of fused-ring (bicyclic) bond motifs is 1. The number of aromatic nitrogens is 1. The Labute approximate surface area is 131 Å². The molecule has 0 fully saturated rings. The van der Waals surface area contributed by atoms with Gasteiger partial charge >= 0.3 is 11.9 Å². The molecule has 0 spiro atoms. The molecule has 1 heterocycles. The SMILES string of the molecule is NC(Cc1c[nH]c2ccccc12)C(=O)N[C@@H](CC(=O)O)C(=O)O. The Morgan fingerprint density at radius 2 is 1.91 bits per heavy atom. The van der Waals surface area contributed by atoms with Gasteiger partial charge in [-0.2, -0.15) is 0 Å². The van der Waals surface area contributed by atoms with Gasteiger partial charge in [0.2, 0.25) is 5.91 Å². The summed E-state index contributed by atoms with van der Waals surface area (Å²) in [7, 11) is 0. The second kappa shape index (κ2) is 6.93. The van der Waals surface area contributed by atoms with Gasteiger partial charge in [0.05, 0.1) is 12.5 Å². The zero-order valence-corrected chi connectivity index (χ0v) is 12.2. The number of para-hydroxylation sites is 1. The number of hydrogen-bond acceptors (Lipinski definition) is 4. The van der Waals surface area contributed by atoms with Crippen molar-refractivity contribution in [1.82, 2.24) is 10.3 Å². The predicted octanol–water partition coefficient (Wildman–Crippen LogP) is 0.0818. The largest absolute Gasteiger partial charge is 0.481 e. The van der Waals surface area contributed by atoms with Crippen LogP contribution in [0.2, 0.25) is 0 Å². The van der Waals surface area contributed by atoms with Gasteiger partial charge in [0, 0.05) is 17.1 Å². The van der Waals surface area contributed by atoms with Crippen LogP contribution in [0.25, 0.3) is 10.9 Å². The number of carbonyl (C=O) groups excluding carboxylic acids is 1. The first-order valence-corrected chi connectivity index (χ1v) is 6.94. The van der Waals surface area contributed by atoms with E-state index in [2.05, 4.69) is 10.3 Å². The fraction of sp³-hybridized carbons (Fsp3) is 0.267. The number of hydrogen-bond donors (Lipinski definition) is 5. The van der Waals surface area contributed by atoms with Crippen molar-refractivity contribution in [2.75, 3.05) is 0 Å². The summed E-state index contributed by atoms with van der Waals surface area (Å²) in [6.07, 6.45) is 1.24. The van der Waals surface area contributed by atoms with E-state index >= 15 is 0 Å². The molecular formula is C15H17N3O5. The Hall–Kier alpha value is -2.87. The lowest BCUT2D eigenvalue weighted by atomic mass is 10.0. The molecule has 0 aliphatic heterocycles. The van der Waals surface area contributed by atoms with Crippen LogP contribution < -0.4 is 11.1 Å². The predicted molar refractivity (Wildman–Crippen MR) is 81.8 cm³/mol. The van der Waals surface area contributed by atoms with E-state index in [0.29, 0.717) is 0 Å². The number of amides is 1. The van der Waals surface area contributed by atoms with Crippen molar-refractivity contribution in [2.24, 2.45) is 5.73 Å². The Balaban J connectivity index is 2.04. The molecule has 1 unspecified atom stereocenters. The summed E-state index contributed by atoms with van der Waals surface area (Å²) in [5, 5.41) is 20.7. The molecule has 2 aromatic rings. The topological polar surface area (TPSA) is 146 Å². The molecule has 6 N–H and O–H groups in total. The molecule has 2 atom stereocenters. The van der Waals surface area contributed by atoms with Gasteiger partial charge in [0.25, 0.3) is 0 Å². The third-order valence-electron chi connectivity index (χ3n) is 3.44. The monoisotopic (exact) mass is 319 g/mol. The van der Waals surface area contributed by atoms with Gasteiger partial charge in [0.1, 0.15) is 6.04 Å². The first-order valence-electron chi connectivity index (χ1n) is 6.94. The van der Waals surface area contributed by atoms with Gasteiger partial charge in [-0.3, -0.25) is 9.59 Å². The standard InChI is InChI=1S/C15H17N3O5/c16-10(14(21)18-12(15(22)23)6-13(19)20)5-8-7-17-11-4-2-1-3-9(8)11/h1-4,7,10,12,17H,5-6,16H2,(H,18,21)(H,19,20)(H,22,23)/t10?,12-/m0/s1. The van der Waals surface area contributed by atoms with E-state index in [9.17, 15) is 14.4 Å². The lowest BCUT2D eigenvalue weighted by Crippen LogP contribution is -2.49. The van der Waals surface area contributed by atoms with Crippen molar-refractivity contribution in [3.05, 3.63) is 36.0 Å². The molecular weight excluding hydrogens is 302 g/mol. The van der Waals surface area contributed by atoms with Crippen LogP contribution in [0.5, 0.6) is 0 Å². The van der Waals surface area contributed by atoms with Crippen molar-refractivity contribution < 1.29 is 24.6 Å². The summed E-state index contributed by atoms with van der Waals surface area (Å²) in [6.45, 7) is 0. The van der Waals surface area contributed by atoms with Crippen molar-refractivity contribution >= 4 is 28.7 Å². The maximum atomic E-state index is 12.0. The highest BCUT2D eigenvalue weighted by Gasteiger charge is 2.26. The maximum absolute atomic E-state index is 12.0. The highest BCUT2D eigenvalue weighted by atomic mass is 16.4. The minimum absolute atomic E-state index is 0.204. The number of carbonyl (C=O) groups is 3. The van der Waals surface area contributed by atoms with Crippen LogP contribution in [0.1, 0.15) is 12.0 Å². The number of aliphatic carboxylic acids is 2. The smallest absolute Gasteiger partial charge is 0.326 e. The molecule has 0 aliphatic carbocycles. The van der Waals surface area contributed by atoms with Crippen molar-refractivity contribution in [3.8, 4) is 0 Å². The average Bonchev–Trinajstić information content (AvgIpc) is 2.89. The number of benzene rings is 1. The Bertz CT molecular complexity index is 740. The molecule has 1 aromatic carbocycles. The van der Waals surface area contributed by atoms with Crippen LogP contribution in [0.3, 0.4) is 0 Å². The summed E-state index contributed by atoms with van der Waals surface area (Å²) in [6, 6.07) is 5.02. The summed E-state index contributed by atoms with van der Waals surface area (Å²) >= 11 is 0. The Kier molecular flexibility index (Phi) is 4.97. The quantitative estimate of drug-likeness (QED) is 0.488. The van der Waals surface area contributed by atoms with Crippen LogP contribution in [0.15, 0.2) is 30.5 Å². The Morgan fingerprint density at radius 3 is 2.57 bits per heavy atom. The van der Waals surface area contributed by atoms with Crippen LogP contribution in [0.4, 0.5) is 0 Å². The summed E-state index contributed by atoms with van der Waals surface area (Å²) < 4.78 is 0. The van der Waals surface area contributed by atoms with Gasteiger partial charge in [-0.25, -0.2) is 4.79 Å².